The molecule has 2 aromatic rings. The van der Waals surface area contributed by atoms with Crippen molar-refractivity contribution in [2.45, 2.75) is 43.8 Å². The van der Waals surface area contributed by atoms with Crippen LogP contribution in [0.4, 0.5) is 11.4 Å². The van der Waals surface area contributed by atoms with E-state index in [2.05, 4.69) is 17.4 Å². The summed E-state index contributed by atoms with van der Waals surface area (Å²) in [6, 6.07) is 13.9. The number of thioether (sulfide) groups is 1. The number of aryl methyl sites for hydroxylation is 2. The van der Waals surface area contributed by atoms with Crippen LogP contribution in [0, 0.1) is 13.8 Å². The first-order valence-electron chi connectivity index (χ1n) is 8.89. The van der Waals surface area contributed by atoms with Crippen LogP contribution in [0.1, 0.15) is 30.9 Å². The summed E-state index contributed by atoms with van der Waals surface area (Å²) >= 11 is 1.54. The third-order valence-electron chi connectivity index (χ3n) is 4.53. The van der Waals surface area contributed by atoms with Gasteiger partial charge in [0.15, 0.2) is 0 Å². The van der Waals surface area contributed by atoms with Crippen molar-refractivity contribution in [2.75, 3.05) is 16.8 Å². The minimum Gasteiger partial charge on any atom is -0.325 e. The van der Waals surface area contributed by atoms with E-state index in [0.717, 1.165) is 34.8 Å². The molecule has 0 saturated carbocycles. The Morgan fingerprint density at radius 3 is 2.50 bits per heavy atom. The minimum atomic E-state index is -0.196. The van der Waals surface area contributed by atoms with Crippen molar-refractivity contribution in [1.29, 1.82) is 0 Å². The molecule has 1 aliphatic rings. The summed E-state index contributed by atoms with van der Waals surface area (Å²) in [6.07, 6.45) is 1.52. The van der Waals surface area contributed by atoms with Crippen molar-refractivity contribution in [3.05, 3.63) is 53.6 Å². The second-order valence-corrected chi connectivity index (χ2v) is 8.13. The number of amides is 2. The molecule has 1 N–H and O–H groups in total. The summed E-state index contributed by atoms with van der Waals surface area (Å²) < 4.78 is 0. The van der Waals surface area contributed by atoms with Crippen LogP contribution < -0.4 is 10.2 Å². The number of carbonyl (C=O) groups is 2. The van der Waals surface area contributed by atoms with Gasteiger partial charge in [0, 0.05) is 29.2 Å². The van der Waals surface area contributed by atoms with Gasteiger partial charge < -0.3 is 10.2 Å². The smallest absolute Gasteiger partial charge is 0.237 e. The molecule has 1 aliphatic heterocycles. The van der Waals surface area contributed by atoms with E-state index >= 15 is 0 Å². The van der Waals surface area contributed by atoms with E-state index in [0.29, 0.717) is 6.42 Å². The SMILES string of the molecule is Cc1ccc(S[C@H](C)C(=O)Nc2ccc(N3CCCC3=O)c(C)c2)cc1. The maximum Gasteiger partial charge on any atom is 0.237 e. The van der Waals surface area contributed by atoms with E-state index in [1.54, 1.807) is 11.8 Å². The van der Waals surface area contributed by atoms with E-state index in [4.69, 9.17) is 0 Å². The Bertz CT molecular complexity index is 817. The first-order valence-corrected chi connectivity index (χ1v) is 9.77. The molecule has 0 bridgehead atoms. The quantitative estimate of drug-likeness (QED) is 0.788. The summed E-state index contributed by atoms with van der Waals surface area (Å²) in [6.45, 7) is 6.70. The zero-order valence-corrected chi connectivity index (χ0v) is 16.2. The van der Waals surface area contributed by atoms with Crippen LogP contribution in [0.25, 0.3) is 0 Å². The average Bonchev–Trinajstić information content (AvgIpc) is 3.03. The van der Waals surface area contributed by atoms with Gasteiger partial charge in [0.25, 0.3) is 0 Å². The summed E-state index contributed by atoms with van der Waals surface area (Å²) in [5.41, 5.74) is 3.90. The van der Waals surface area contributed by atoms with Crippen LogP contribution in [0.3, 0.4) is 0 Å². The van der Waals surface area contributed by atoms with Gasteiger partial charge in [0.1, 0.15) is 0 Å². The minimum absolute atomic E-state index is 0.0278. The van der Waals surface area contributed by atoms with E-state index in [-0.39, 0.29) is 17.1 Å². The Kier molecular flexibility index (Phi) is 5.67. The summed E-state index contributed by atoms with van der Waals surface area (Å²) in [5.74, 6) is 0.146. The number of hydrogen-bond acceptors (Lipinski definition) is 3. The van der Waals surface area contributed by atoms with Gasteiger partial charge in [0.2, 0.25) is 11.8 Å². The maximum atomic E-state index is 12.5. The Morgan fingerprint density at radius 2 is 1.88 bits per heavy atom. The standard InChI is InChI=1S/C21H24N2O2S/c1-14-6-9-18(10-7-14)26-16(3)21(25)22-17-8-11-19(15(2)13-17)23-12-4-5-20(23)24/h6-11,13,16H,4-5,12H2,1-3H3,(H,22,25)/t16-/m1/s1. The zero-order valence-electron chi connectivity index (χ0n) is 15.4. The van der Waals surface area contributed by atoms with Gasteiger partial charge in [-0.15, -0.1) is 11.8 Å². The van der Waals surface area contributed by atoms with Crippen LogP contribution in [-0.4, -0.2) is 23.6 Å². The van der Waals surface area contributed by atoms with Crippen molar-refractivity contribution >= 4 is 35.0 Å². The highest BCUT2D eigenvalue weighted by atomic mass is 32.2. The topological polar surface area (TPSA) is 49.4 Å². The lowest BCUT2D eigenvalue weighted by molar-refractivity contribution is -0.117. The molecule has 0 aromatic heterocycles. The van der Waals surface area contributed by atoms with E-state index in [9.17, 15) is 9.59 Å². The first-order chi connectivity index (χ1) is 12.4. The van der Waals surface area contributed by atoms with Gasteiger partial charge in [-0.3, -0.25) is 9.59 Å². The molecule has 3 rings (SSSR count). The molecule has 0 radical (unpaired) electrons. The number of anilines is 2. The fourth-order valence-electron chi connectivity index (χ4n) is 3.06. The molecule has 4 nitrogen and oxygen atoms in total. The van der Waals surface area contributed by atoms with Crippen LogP contribution in [-0.2, 0) is 9.59 Å². The van der Waals surface area contributed by atoms with E-state index in [1.165, 1.54) is 5.56 Å². The first kappa shape index (κ1) is 18.5. The van der Waals surface area contributed by atoms with Crippen molar-refractivity contribution < 1.29 is 9.59 Å². The van der Waals surface area contributed by atoms with Crippen LogP contribution >= 0.6 is 11.8 Å². The second-order valence-electron chi connectivity index (χ2n) is 6.71. The van der Waals surface area contributed by atoms with Crippen molar-refractivity contribution in [3.8, 4) is 0 Å². The van der Waals surface area contributed by atoms with Crippen LogP contribution in [0.5, 0.6) is 0 Å². The molecular weight excluding hydrogens is 344 g/mol. The fraction of sp³-hybridized carbons (Fsp3) is 0.333. The highest BCUT2D eigenvalue weighted by Gasteiger charge is 2.23. The van der Waals surface area contributed by atoms with Crippen molar-refractivity contribution in [1.82, 2.24) is 0 Å². The fourth-order valence-corrected chi connectivity index (χ4v) is 3.92. The predicted molar refractivity (Wildman–Crippen MR) is 108 cm³/mol. The maximum absolute atomic E-state index is 12.5. The second kappa shape index (κ2) is 7.96. The molecule has 2 aromatic carbocycles. The van der Waals surface area contributed by atoms with E-state index < -0.39 is 0 Å². The Labute approximate surface area is 159 Å². The summed E-state index contributed by atoms with van der Waals surface area (Å²) in [7, 11) is 0. The number of rotatable bonds is 5. The molecule has 5 heteroatoms. The zero-order chi connectivity index (χ0) is 18.7. The number of hydrogen-bond donors (Lipinski definition) is 1. The Balaban J connectivity index is 1.64. The molecule has 0 unspecified atom stereocenters. The lowest BCUT2D eigenvalue weighted by Gasteiger charge is -2.19. The molecule has 1 saturated heterocycles. The normalized spacial score (nSPS) is 15.2. The van der Waals surface area contributed by atoms with Gasteiger partial charge in [-0.25, -0.2) is 0 Å². The molecule has 0 spiro atoms. The van der Waals surface area contributed by atoms with Gasteiger partial charge in [0.05, 0.1) is 5.25 Å². The molecule has 0 aliphatic carbocycles. The monoisotopic (exact) mass is 368 g/mol. The highest BCUT2D eigenvalue weighted by molar-refractivity contribution is 8.00. The van der Waals surface area contributed by atoms with E-state index in [1.807, 2.05) is 56.0 Å². The molecule has 136 valence electrons. The van der Waals surface area contributed by atoms with Crippen molar-refractivity contribution in [2.24, 2.45) is 0 Å². The Hall–Kier alpha value is -2.27. The summed E-state index contributed by atoms with van der Waals surface area (Å²) in [5, 5.41) is 2.78. The number of nitrogens with one attached hydrogen (secondary N) is 1. The van der Waals surface area contributed by atoms with Crippen LogP contribution in [0.2, 0.25) is 0 Å². The number of nitrogens with zero attached hydrogens (tertiary/aromatic N) is 1. The lowest BCUT2D eigenvalue weighted by atomic mass is 10.1. The molecule has 1 heterocycles. The molecule has 2 amide bonds. The average molecular weight is 369 g/mol. The largest absolute Gasteiger partial charge is 0.325 e. The highest BCUT2D eigenvalue weighted by Crippen LogP contribution is 2.28. The third-order valence-corrected chi connectivity index (χ3v) is 5.64. The van der Waals surface area contributed by atoms with Crippen molar-refractivity contribution in [3.63, 3.8) is 0 Å². The number of carbonyl (C=O) groups excluding carboxylic acids is 2. The van der Waals surface area contributed by atoms with Crippen LogP contribution in [0.15, 0.2) is 47.4 Å². The van der Waals surface area contributed by atoms with Gasteiger partial charge in [-0.2, -0.15) is 0 Å². The molecule has 1 atom stereocenters. The van der Waals surface area contributed by atoms with Gasteiger partial charge in [-0.1, -0.05) is 17.7 Å². The molecular formula is C21H24N2O2S. The Morgan fingerprint density at radius 1 is 1.15 bits per heavy atom. The predicted octanol–water partition coefficient (Wildman–Crippen LogP) is 4.55. The van der Waals surface area contributed by atoms with Gasteiger partial charge >= 0.3 is 0 Å². The summed E-state index contributed by atoms with van der Waals surface area (Å²) in [4.78, 5) is 27.3. The molecule has 1 fully saturated rings. The lowest BCUT2D eigenvalue weighted by Crippen LogP contribution is -2.25. The number of benzene rings is 2. The van der Waals surface area contributed by atoms with Gasteiger partial charge in [-0.05, 0) is 63.1 Å². The molecule has 26 heavy (non-hydrogen) atoms. The third kappa shape index (κ3) is 4.28.